The Morgan fingerprint density at radius 1 is 1.28 bits per heavy atom. The topological polar surface area (TPSA) is 34.9 Å². The molecule has 6 heteroatoms. The van der Waals surface area contributed by atoms with Gasteiger partial charge in [-0.05, 0) is 12.5 Å². The fraction of sp³-hybridized carbons (Fsp3) is 0.667. The highest BCUT2D eigenvalue weighted by Gasteiger charge is 2.35. The van der Waals surface area contributed by atoms with Crippen molar-refractivity contribution in [1.29, 1.82) is 0 Å². The predicted molar refractivity (Wildman–Crippen MR) is 61.4 cm³/mol. The van der Waals surface area contributed by atoms with Crippen LogP contribution in [-0.2, 0) is 12.7 Å². The van der Waals surface area contributed by atoms with Crippen LogP contribution in [0.3, 0.4) is 0 Å². The second-order valence-electron chi connectivity index (χ2n) is 4.21. The third-order valence-corrected chi connectivity index (χ3v) is 2.68. The molecule has 0 aliphatic heterocycles. The Morgan fingerprint density at radius 2 is 1.94 bits per heavy atom. The molecule has 0 unspecified atom stereocenters. The number of alkyl halides is 3. The molecule has 0 spiro atoms. The fourth-order valence-corrected chi connectivity index (χ4v) is 1.76. The van der Waals surface area contributed by atoms with Gasteiger partial charge in [0.05, 0.1) is 0 Å². The summed E-state index contributed by atoms with van der Waals surface area (Å²) in [6.07, 6.45) is 0.584. The third kappa shape index (κ3) is 4.16. The molecular weight excluding hydrogens is 245 g/mol. The van der Waals surface area contributed by atoms with E-state index in [1.165, 1.54) is 0 Å². The predicted octanol–water partition coefficient (Wildman–Crippen LogP) is 3.68. The molecule has 0 saturated heterocycles. The van der Waals surface area contributed by atoms with Gasteiger partial charge in [-0.15, -0.1) is 0 Å². The smallest absolute Gasteiger partial charge is 0.296 e. The normalized spacial score (nSPS) is 11.8. The van der Waals surface area contributed by atoms with Crippen LogP contribution in [0.25, 0.3) is 0 Å². The van der Waals surface area contributed by atoms with Gasteiger partial charge < -0.3 is 0 Å². The zero-order valence-corrected chi connectivity index (χ0v) is 10.3. The van der Waals surface area contributed by atoms with E-state index in [0.717, 1.165) is 36.4 Å². The van der Waals surface area contributed by atoms with Crippen LogP contribution in [0.15, 0.2) is 6.07 Å². The molecule has 0 amide bonds. The monoisotopic (exact) mass is 262 g/mol. The van der Waals surface area contributed by atoms with E-state index in [2.05, 4.69) is 12.0 Å². The van der Waals surface area contributed by atoms with Gasteiger partial charge in [0, 0.05) is 6.54 Å². The molecule has 1 rings (SSSR count). The maximum Gasteiger partial charge on any atom is 0.433 e. The van der Waals surface area contributed by atoms with Crippen LogP contribution in [0.5, 0.6) is 0 Å². The van der Waals surface area contributed by atoms with E-state index in [1.54, 1.807) is 0 Å². The standard InChI is InChI=1S/C12H17F3N2O/c1-2-3-4-5-6-7-17-11(12(13,14)15)8-10(9-18)16-17/h8-9H,2-7H2,1H3. The second kappa shape index (κ2) is 6.56. The molecule has 1 heterocycles. The molecule has 0 N–H and O–H groups in total. The summed E-state index contributed by atoms with van der Waals surface area (Å²) >= 11 is 0. The van der Waals surface area contributed by atoms with E-state index in [-0.39, 0.29) is 12.2 Å². The van der Waals surface area contributed by atoms with E-state index in [9.17, 15) is 18.0 Å². The molecular formula is C12H17F3N2O. The quantitative estimate of drug-likeness (QED) is 0.555. The van der Waals surface area contributed by atoms with Gasteiger partial charge in [-0.2, -0.15) is 18.3 Å². The molecule has 0 fully saturated rings. The third-order valence-electron chi connectivity index (χ3n) is 2.68. The Morgan fingerprint density at radius 3 is 2.50 bits per heavy atom. The van der Waals surface area contributed by atoms with Gasteiger partial charge in [-0.25, -0.2) is 0 Å². The van der Waals surface area contributed by atoms with Gasteiger partial charge in [0.1, 0.15) is 11.4 Å². The van der Waals surface area contributed by atoms with Crippen LogP contribution in [0.4, 0.5) is 13.2 Å². The second-order valence-corrected chi connectivity index (χ2v) is 4.21. The number of aryl methyl sites for hydroxylation is 1. The Balaban J connectivity index is 2.63. The molecule has 0 aromatic carbocycles. The first kappa shape index (κ1) is 14.7. The Kier molecular flexibility index (Phi) is 5.37. The summed E-state index contributed by atoms with van der Waals surface area (Å²) in [6, 6.07) is 0.791. The number of hydrogen-bond donors (Lipinski definition) is 0. The van der Waals surface area contributed by atoms with Crippen LogP contribution < -0.4 is 0 Å². The molecule has 0 bridgehead atoms. The summed E-state index contributed by atoms with van der Waals surface area (Å²) < 4.78 is 38.8. The lowest BCUT2D eigenvalue weighted by Crippen LogP contribution is -2.14. The highest BCUT2D eigenvalue weighted by molar-refractivity contribution is 5.71. The van der Waals surface area contributed by atoms with Crippen LogP contribution in [-0.4, -0.2) is 16.1 Å². The summed E-state index contributed by atoms with van der Waals surface area (Å²) in [5, 5.41) is 3.64. The number of unbranched alkanes of at least 4 members (excludes halogenated alkanes) is 4. The average molecular weight is 262 g/mol. The molecule has 102 valence electrons. The minimum atomic E-state index is -4.46. The highest BCUT2D eigenvalue weighted by atomic mass is 19.4. The number of aldehydes is 1. The Bertz CT molecular complexity index is 385. The molecule has 0 atom stereocenters. The first-order valence-corrected chi connectivity index (χ1v) is 6.09. The molecule has 0 saturated carbocycles. The lowest BCUT2D eigenvalue weighted by atomic mass is 10.1. The van der Waals surface area contributed by atoms with Crippen LogP contribution in [0.1, 0.15) is 55.2 Å². The van der Waals surface area contributed by atoms with E-state index in [4.69, 9.17) is 0 Å². The van der Waals surface area contributed by atoms with Crippen LogP contribution in [0, 0.1) is 0 Å². The number of carbonyl (C=O) groups excluding carboxylic acids is 1. The van der Waals surface area contributed by atoms with Crippen molar-refractivity contribution in [2.24, 2.45) is 0 Å². The van der Waals surface area contributed by atoms with Gasteiger partial charge in [-0.3, -0.25) is 9.48 Å². The maximum absolute atomic E-state index is 12.7. The van der Waals surface area contributed by atoms with Gasteiger partial charge in [0.25, 0.3) is 0 Å². The van der Waals surface area contributed by atoms with Gasteiger partial charge >= 0.3 is 6.18 Å². The molecule has 1 aromatic rings. The highest BCUT2D eigenvalue weighted by Crippen LogP contribution is 2.29. The number of carbonyl (C=O) groups is 1. The number of rotatable bonds is 7. The first-order chi connectivity index (χ1) is 8.49. The van der Waals surface area contributed by atoms with E-state index in [0.29, 0.717) is 12.7 Å². The number of halogens is 3. The zero-order valence-electron chi connectivity index (χ0n) is 10.3. The van der Waals surface area contributed by atoms with Crippen molar-refractivity contribution >= 4 is 6.29 Å². The van der Waals surface area contributed by atoms with Gasteiger partial charge in [0.2, 0.25) is 0 Å². The molecule has 1 aromatic heterocycles. The summed E-state index contributed by atoms with van der Waals surface area (Å²) in [5.74, 6) is 0. The number of aromatic nitrogens is 2. The van der Waals surface area contributed by atoms with Crippen molar-refractivity contribution < 1.29 is 18.0 Å². The molecule has 0 aliphatic rings. The van der Waals surface area contributed by atoms with Crippen LogP contribution >= 0.6 is 0 Å². The fourth-order valence-electron chi connectivity index (χ4n) is 1.76. The summed E-state index contributed by atoms with van der Waals surface area (Å²) in [6.45, 7) is 2.28. The average Bonchev–Trinajstić information content (AvgIpc) is 2.72. The van der Waals surface area contributed by atoms with Gasteiger partial charge in [-0.1, -0.05) is 32.6 Å². The lowest BCUT2D eigenvalue weighted by molar-refractivity contribution is -0.144. The molecule has 3 nitrogen and oxygen atoms in total. The number of hydrogen-bond acceptors (Lipinski definition) is 2. The van der Waals surface area contributed by atoms with Crippen molar-refractivity contribution in [1.82, 2.24) is 9.78 Å². The molecule has 0 aliphatic carbocycles. The Hall–Kier alpha value is -1.33. The Labute approximate surface area is 104 Å². The van der Waals surface area contributed by atoms with Gasteiger partial charge in [0.15, 0.2) is 6.29 Å². The summed E-state index contributed by atoms with van der Waals surface area (Å²) in [4.78, 5) is 10.5. The largest absolute Gasteiger partial charge is 0.433 e. The van der Waals surface area contributed by atoms with Crippen molar-refractivity contribution in [2.45, 2.75) is 51.7 Å². The minimum absolute atomic E-state index is 0.170. The van der Waals surface area contributed by atoms with E-state index >= 15 is 0 Å². The van der Waals surface area contributed by atoms with Crippen molar-refractivity contribution in [3.63, 3.8) is 0 Å². The minimum Gasteiger partial charge on any atom is -0.296 e. The lowest BCUT2D eigenvalue weighted by Gasteiger charge is -2.09. The van der Waals surface area contributed by atoms with E-state index < -0.39 is 11.9 Å². The van der Waals surface area contributed by atoms with Crippen molar-refractivity contribution in [2.75, 3.05) is 0 Å². The maximum atomic E-state index is 12.7. The molecule has 0 radical (unpaired) electrons. The molecule has 18 heavy (non-hydrogen) atoms. The number of nitrogens with zero attached hydrogens (tertiary/aromatic N) is 2. The summed E-state index contributed by atoms with van der Waals surface area (Å²) in [5.41, 5.74) is -1.02. The SMILES string of the molecule is CCCCCCCn1nc(C=O)cc1C(F)(F)F. The van der Waals surface area contributed by atoms with Crippen LogP contribution in [0.2, 0.25) is 0 Å². The zero-order chi connectivity index (χ0) is 13.6. The summed E-state index contributed by atoms with van der Waals surface area (Å²) in [7, 11) is 0. The van der Waals surface area contributed by atoms with Crippen molar-refractivity contribution in [3.8, 4) is 0 Å². The van der Waals surface area contributed by atoms with E-state index in [1.807, 2.05) is 0 Å². The first-order valence-electron chi connectivity index (χ1n) is 6.09. The van der Waals surface area contributed by atoms with Crippen molar-refractivity contribution in [3.05, 3.63) is 17.5 Å².